The summed E-state index contributed by atoms with van der Waals surface area (Å²) in [5.74, 6) is 0.464. The lowest BCUT2D eigenvalue weighted by Gasteiger charge is -2.27. The molecule has 1 aliphatic carbocycles. The predicted octanol–water partition coefficient (Wildman–Crippen LogP) is 3.53. The molecular weight excluding hydrogens is 309 g/mol. The number of likely N-dealkylation sites (N-methyl/N-ethyl adjacent to an activating group) is 1. The highest BCUT2D eigenvalue weighted by atomic mass is 79.9. The van der Waals surface area contributed by atoms with Crippen molar-refractivity contribution in [2.24, 2.45) is 5.92 Å². The van der Waals surface area contributed by atoms with Crippen LogP contribution in [-0.4, -0.2) is 25.8 Å². The van der Waals surface area contributed by atoms with Gasteiger partial charge in [0.25, 0.3) is 0 Å². The van der Waals surface area contributed by atoms with Gasteiger partial charge < -0.3 is 10.1 Å². The minimum Gasteiger partial charge on any atom is -0.380 e. The molecule has 1 aromatic carbocycles. The van der Waals surface area contributed by atoms with Crippen molar-refractivity contribution in [3.63, 3.8) is 0 Å². The zero-order chi connectivity index (χ0) is 13.8. The second-order valence-electron chi connectivity index (χ2n) is 5.18. The Bertz CT molecular complexity index is 402. The third kappa shape index (κ3) is 4.26. The highest BCUT2D eigenvalue weighted by Crippen LogP contribution is 2.36. The van der Waals surface area contributed by atoms with Gasteiger partial charge in [-0.25, -0.2) is 4.39 Å². The van der Waals surface area contributed by atoms with E-state index in [-0.39, 0.29) is 18.0 Å². The van der Waals surface area contributed by atoms with E-state index in [9.17, 15) is 4.39 Å². The summed E-state index contributed by atoms with van der Waals surface area (Å²) in [7, 11) is 1.77. The monoisotopic (exact) mass is 329 g/mol. The van der Waals surface area contributed by atoms with Crippen LogP contribution in [0.3, 0.4) is 0 Å². The Hall–Kier alpha value is -0.450. The van der Waals surface area contributed by atoms with Crippen molar-refractivity contribution in [2.75, 3.05) is 13.7 Å². The molecule has 0 aliphatic heterocycles. The fourth-order valence-electron chi connectivity index (χ4n) is 2.66. The van der Waals surface area contributed by atoms with Gasteiger partial charge in [0.05, 0.1) is 6.10 Å². The summed E-state index contributed by atoms with van der Waals surface area (Å²) < 4.78 is 19.9. The van der Waals surface area contributed by atoms with E-state index in [1.165, 1.54) is 18.9 Å². The maximum atomic E-state index is 13.4. The van der Waals surface area contributed by atoms with Gasteiger partial charge in [0.1, 0.15) is 5.82 Å². The number of halogens is 2. The molecule has 19 heavy (non-hydrogen) atoms. The van der Waals surface area contributed by atoms with Crippen molar-refractivity contribution < 1.29 is 9.13 Å². The molecule has 0 spiro atoms. The number of rotatable bonds is 7. The van der Waals surface area contributed by atoms with Crippen molar-refractivity contribution in [2.45, 2.75) is 38.3 Å². The van der Waals surface area contributed by atoms with E-state index < -0.39 is 0 Å². The minimum absolute atomic E-state index is 0.194. The van der Waals surface area contributed by atoms with Crippen LogP contribution in [0.5, 0.6) is 0 Å². The highest BCUT2D eigenvalue weighted by molar-refractivity contribution is 9.10. The molecule has 106 valence electrons. The Balaban J connectivity index is 2.10. The van der Waals surface area contributed by atoms with Crippen LogP contribution in [0.15, 0.2) is 22.7 Å². The Kier molecular flexibility index (Phi) is 5.37. The molecule has 1 fully saturated rings. The van der Waals surface area contributed by atoms with Crippen molar-refractivity contribution in [1.82, 2.24) is 5.32 Å². The fraction of sp³-hybridized carbons (Fsp3) is 0.600. The van der Waals surface area contributed by atoms with Gasteiger partial charge in [-0.3, -0.25) is 0 Å². The average molecular weight is 330 g/mol. The SMILES string of the molecule is CCNC(Cc1cc(F)cc(Br)c1)C(OC)C1CC1. The molecule has 1 aliphatic rings. The zero-order valence-corrected chi connectivity index (χ0v) is 13.0. The molecule has 2 unspecified atom stereocenters. The Morgan fingerprint density at radius 3 is 2.68 bits per heavy atom. The number of ether oxygens (including phenoxy) is 1. The van der Waals surface area contributed by atoms with Crippen molar-refractivity contribution in [3.05, 3.63) is 34.1 Å². The van der Waals surface area contributed by atoms with E-state index in [1.807, 2.05) is 6.07 Å². The number of hydrogen-bond acceptors (Lipinski definition) is 2. The van der Waals surface area contributed by atoms with E-state index in [1.54, 1.807) is 13.2 Å². The van der Waals surface area contributed by atoms with Gasteiger partial charge in [-0.2, -0.15) is 0 Å². The van der Waals surface area contributed by atoms with Crippen molar-refractivity contribution in [1.29, 1.82) is 0 Å². The quantitative estimate of drug-likeness (QED) is 0.826. The molecule has 2 rings (SSSR count). The topological polar surface area (TPSA) is 21.3 Å². The summed E-state index contributed by atoms with van der Waals surface area (Å²) in [6, 6.07) is 5.32. The van der Waals surface area contributed by atoms with Crippen LogP contribution in [0, 0.1) is 11.7 Å². The van der Waals surface area contributed by atoms with Gasteiger partial charge in [-0.1, -0.05) is 22.9 Å². The van der Waals surface area contributed by atoms with Crippen LogP contribution in [0.4, 0.5) is 4.39 Å². The van der Waals surface area contributed by atoms with Crippen molar-refractivity contribution in [3.8, 4) is 0 Å². The highest BCUT2D eigenvalue weighted by Gasteiger charge is 2.36. The van der Waals surface area contributed by atoms with E-state index in [0.29, 0.717) is 5.92 Å². The predicted molar refractivity (Wildman–Crippen MR) is 78.8 cm³/mol. The fourth-order valence-corrected chi connectivity index (χ4v) is 3.17. The van der Waals surface area contributed by atoms with Crippen LogP contribution in [0.25, 0.3) is 0 Å². The molecule has 4 heteroatoms. The summed E-state index contributed by atoms with van der Waals surface area (Å²) in [5, 5.41) is 3.48. The smallest absolute Gasteiger partial charge is 0.124 e. The van der Waals surface area contributed by atoms with Crippen LogP contribution in [-0.2, 0) is 11.2 Å². The molecule has 2 atom stereocenters. The molecule has 2 nitrogen and oxygen atoms in total. The molecule has 1 saturated carbocycles. The number of nitrogens with one attached hydrogen (secondary N) is 1. The molecule has 0 amide bonds. The Labute approximate surface area is 122 Å². The first-order chi connectivity index (χ1) is 9.13. The third-order valence-electron chi connectivity index (χ3n) is 3.60. The summed E-state index contributed by atoms with van der Waals surface area (Å²) in [5.41, 5.74) is 1.00. The standard InChI is InChI=1S/C15H21BrFNO/c1-3-18-14(15(19-2)11-4-5-11)8-10-6-12(16)9-13(17)7-10/h6-7,9,11,14-15,18H,3-5,8H2,1-2H3. The maximum Gasteiger partial charge on any atom is 0.124 e. The number of methoxy groups -OCH3 is 1. The van der Waals surface area contributed by atoms with E-state index in [0.717, 1.165) is 23.0 Å². The van der Waals surface area contributed by atoms with Crippen LogP contribution >= 0.6 is 15.9 Å². The average Bonchev–Trinajstić information content (AvgIpc) is 3.13. The van der Waals surface area contributed by atoms with Gasteiger partial charge in [0.2, 0.25) is 0 Å². The van der Waals surface area contributed by atoms with E-state index in [4.69, 9.17) is 4.74 Å². The first kappa shape index (κ1) is 14.9. The minimum atomic E-state index is -0.194. The van der Waals surface area contributed by atoms with Crippen LogP contribution in [0.1, 0.15) is 25.3 Å². The molecule has 1 N–H and O–H groups in total. The second kappa shape index (κ2) is 6.82. The molecule has 0 heterocycles. The Morgan fingerprint density at radius 2 is 2.16 bits per heavy atom. The number of hydrogen-bond donors (Lipinski definition) is 1. The summed E-state index contributed by atoms with van der Waals surface area (Å²) >= 11 is 3.35. The Morgan fingerprint density at radius 1 is 1.42 bits per heavy atom. The lowest BCUT2D eigenvalue weighted by molar-refractivity contribution is 0.0515. The maximum absolute atomic E-state index is 13.4. The molecule has 1 aromatic rings. The van der Waals surface area contributed by atoms with Gasteiger partial charge in [0.15, 0.2) is 0 Å². The summed E-state index contributed by atoms with van der Waals surface area (Å²) in [6.07, 6.45) is 3.50. The summed E-state index contributed by atoms with van der Waals surface area (Å²) in [4.78, 5) is 0. The van der Waals surface area contributed by atoms with Crippen molar-refractivity contribution >= 4 is 15.9 Å². The third-order valence-corrected chi connectivity index (χ3v) is 4.06. The molecule has 0 radical (unpaired) electrons. The first-order valence-corrected chi connectivity index (χ1v) is 7.64. The normalized spacial score (nSPS) is 18.3. The zero-order valence-electron chi connectivity index (χ0n) is 11.5. The lowest BCUT2D eigenvalue weighted by atomic mass is 9.98. The van der Waals surface area contributed by atoms with Gasteiger partial charge in [0, 0.05) is 17.6 Å². The molecule has 0 aromatic heterocycles. The van der Waals surface area contributed by atoms with Gasteiger partial charge >= 0.3 is 0 Å². The second-order valence-corrected chi connectivity index (χ2v) is 6.10. The lowest BCUT2D eigenvalue weighted by Crippen LogP contribution is -2.43. The van der Waals surface area contributed by atoms with Gasteiger partial charge in [-0.05, 0) is 55.5 Å². The molecular formula is C15H21BrFNO. The van der Waals surface area contributed by atoms with Gasteiger partial charge in [-0.15, -0.1) is 0 Å². The summed E-state index contributed by atoms with van der Waals surface area (Å²) in [6.45, 7) is 2.99. The molecule has 0 bridgehead atoms. The van der Waals surface area contributed by atoms with Crippen LogP contribution in [0.2, 0.25) is 0 Å². The number of benzene rings is 1. The largest absolute Gasteiger partial charge is 0.380 e. The van der Waals surface area contributed by atoms with E-state index >= 15 is 0 Å². The molecule has 0 saturated heterocycles. The van der Waals surface area contributed by atoms with E-state index in [2.05, 4.69) is 28.2 Å². The first-order valence-electron chi connectivity index (χ1n) is 6.85. The van der Waals surface area contributed by atoms with Crippen LogP contribution < -0.4 is 5.32 Å².